The molecule has 1 aliphatic rings. The van der Waals surface area contributed by atoms with Crippen LogP contribution in [0.5, 0.6) is 11.5 Å². The number of hydrogen-bond donors (Lipinski definition) is 0. The zero-order valence-corrected chi connectivity index (χ0v) is 16.9. The highest BCUT2D eigenvalue weighted by atomic mass is 32.2. The Labute approximate surface area is 159 Å². The number of carbonyl (C=O) groups is 2. The molecule has 0 saturated carbocycles. The molecule has 1 aromatic carbocycles. The van der Waals surface area contributed by atoms with Crippen LogP contribution in [0.1, 0.15) is 45.6 Å². The van der Waals surface area contributed by atoms with Gasteiger partial charge in [-0.15, -0.1) is 11.8 Å². The number of rotatable bonds is 9. The van der Waals surface area contributed by atoms with Crippen molar-refractivity contribution in [2.45, 2.75) is 45.3 Å². The van der Waals surface area contributed by atoms with Gasteiger partial charge in [0.1, 0.15) is 0 Å². The van der Waals surface area contributed by atoms with E-state index in [1.54, 1.807) is 32.4 Å². The number of benzene rings is 1. The normalized spacial score (nSPS) is 14.6. The van der Waals surface area contributed by atoms with Crippen molar-refractivity contribution in [1.82, 2.24) is 4.90 Å². The number of imide groups is 1. The van der Waals surface area contributed by atoms with Gasteiger partial charge in [0, 0.05) is 11.8 Å². The lowest BCUT2D eigenvalue weighted by atomic mass is 10.1. The van der Waals surface area contributed by atoms with Gasteiger partial charge in [-0.2, -0.15) is 0 Å². The molecule has 0 fully saturated rings. The van der Waals surface area contributed by atoms with Crippen LogP contribution in [0.15, 0.2) is 23.1 Å². The molecule has 0 atom stereocenters. The summed E-state index contributed by atoms with van der Waals surface area (Å²) >= 11 is 1.44. The fourth-order valence-electron chi connectivity index (χ4n) is 2.87. The molecule has 0 spiro atoms. The number of hydrogen-bond acceptors (Lipinski definition) is 5. The molecule has 1 aromatic rings. The van der Waals surface area contributed by atoms with Gasteiger partial charge in [-0.1, -0.05) is 39.7 Å². The summed E-state index contributed by atoms with van der Waals surface area (Å²) in [7, 11) is 3.12. The Kier molecular flexibility index (Phi) is 7.14. The first-order valence-corrected chi connectivity index (χ1v) is 9.82. The first-order valence-electron chi connectivity index (χ1n) is 8.94. The second-order valence-electron chi connectivity index (χ2n) is 6.41. The van der Waals surface area contributed by atoms with E-state index in [1.807, 2.05) is 13.8 Å². The fraction of sp³-hybridized carbons (Fsp3) is 0.500. The molecule has 2 amide bonds. The smallest absolute Gasteiger partial charge is 0.267 e. The van der Waals surface area contributed by atoms with Crippen molar-refractivity contribution in [3.63, 3.8) is 0 Å². The molecule has 6 heteroatoms. The fourth-order valence-corrected chi connectivity index (χ4v) is 3.87. The Morgan fingerprint density at radius 3 is 2.31 bits per heavy atom. The Balaban J connectivity index is 2.45. The van der Waals surface area contributed by atoms with Gasteiger partial charge < -0.3 is 9.47 Å². The summed E-state index contributed by atoms with van der Waals surface area (Å²) in [5, 5.41) is 0.201. The van der Waals surface area contributed by atoms with E-state index in [0.717, 1.165) is 19.3 Å². The Morgan fingerprint density at radius 2 is 1.73 bits per heavy atom. The van der Waals surface area contributed by atoms with Crippen LogP contribution in [0, 0.1) is 0 Å². The second-order valence-corrected chi connectivity index (χ2v) is 8.00. The molecule has 0 radical (unpaired) electrons. The lowest BCUT2D eigenvalue weighted by Gasteiger charge is -2.15. The zero-order chi connectivity index (χ0) is 19.3. The van der Waals surface area contributed by atoms with Crippen LogP contribution < -0.4 is 9.47 Å². The summed E-state index contributed by atoms with van der Waals surface area (Å²) in [6, 6.07) is 5.32. The first kappa shape index (κ1) is 20.4. The maximum atomic E-state index is 13.0. The highest BCUT2D eigenvalue weighted by Crippen LogP contribution is 2.40. The number of nitrogens with zero attached hydrogens (tertiary/aromatic N) is 1. The Morgan fingerprint density at radius 1 is 1.04 bits per heavy atom. The van der Waals surface area contributed by atoms with Crippen molar-refractivity contribution in [1.29, 1.82) is 0 Å². The summed E-state index contributed by atoms with van der Waals surface area (Å²) in [6.07, 6.45) is 2.86. The lowest BCUT2D eigenvalue weighted by Crippen LogP contribution is -2.32. The first-order chi connectivity index (χ1) is 12.4. The number of ether oxygens (including phenoxy) is 2. The van der Waals surface area contributed by atoms with Crippen LogP contribution in [-0.2, 0) is 9.59 Å². The predicted octanol–water partition coefficient (Wildman–Crippen LogP) is 4.12. The number of carbonyl (C=O) groups excluding carboxylic acids is 2. The largest absolute Gasteiger partial charge is 0.493 e. The van der Waals surface area contributed by atoms with Gasteiger partial charge in [0.15, 0.2) is 11.5 Å². The minimum Gasteiger partial charge on any atom is -0.493 e. The van der Waals surface area contributed by atoms with E-state index in [2.05, 4.69) is 6.92 Å². The van der Waals surface area contributed by atoms with E-state index in [4.69, 9.17) is 9.47 Å². The van der Waals surface area contributed by atoms with Gasteiger partial charge in [-0.3, -0.25) is 14.5 Å². The molecule has 0 aromatic heterocycles. The van der Waals surface area contributed by atoms with Crippen molar-refractivity contribution in [2.75, 3.05) is 20.8 Å². The molecule has 0 unspecified atom stereocenters. The molecular formula is C20H27NO4S. The third-order valence-electron chi connectivity index (χ3n) is 4.14. The summed E-state index contributed by atoms with van der Waals surface area (Å²) in [6.45, 7) is 6.59. The average molecular weight is 378 g/mol. The molecule has 0 saturated heterocycles. The van der Waals surface area contributed by atoms with E-state index in [0.29, 0.717) is 34.1 Å². The van der Waals surface area contributed by atoms with Gasteiger partial charge in [0.25, 0.3) is 11.8 Å². The SMILES string of the molecule is CCCCCN1C(=O)C(SC(C)C)=C(c2ccc(OC)c(OC)c2)C1=O. The van der Waals surface area contributed by atoms with E-state index in [-0.39, 0.29) is 17.1 Å². The van der Waals surface area contributed by atoms with E-state index in [1.165, 1.54) is 16.7 Å². The molecule has 0 N–H and O–H groups in total. The Hall–Kier alpha value is -1.95. The van der Waals surface area contributed by atoms with Crippen molar-refractivity contribution in [2.24, 2.45) is 0 Å². The highest BCUT2D eigenvalue weighted by Gasteiger charge is 2.39. The molecule has 142 valence electrons. The van der Waals surface area contributed by atoms with Gasteiger partial charge in [-0.05, 0) is 24.1 Å². The van der Waals surface area contributed by atoms with Gasteiger partial charge in [-0.25, -0.2) is 0 Å². The summed E-state index contributed by atoms with van der Waals surface area (Å²) in [5.74, 6) is 0.721. The molecule has 1 aliphatic heterocycles. The van der Waals surface area contributed by atoms with E-state index >= 15 is 0 Å². The quantitative estimate of drug-likeness (QED) is 0.479. The van der Waals surface area contributed by atoms with Gasteiger partial charge in [0.05, 0.1) is 24.7 Å². The van der Waals surface area contributed by atoms with Gasteiger partial charge in [0.2, 0.25) is 0 Å². The topological polar surface area (TPSA) is 55.8 Å². The maximum absolute atomic E-state index is 13.0. The molecule has 2 rings (SSSR count). The monoisotopic (exact) mass is 377 g/mol. The summed E-state index contributed by atoms with van der Waals surface area (Å²) in [5.41, 5.74) is 1.15. The van der Waals surface area contributed by atoms with Gasteiger partial charge >= 0.3 is 0 Å². The molecule has 0 aliphatic carbocycles. The third-order valence-corrected chi connectivity index (χ3v) is 5.22. The Bertz CT molecular complexity index is 712. The standard InChI is InChI=1S/C20H27NO4S/c1-6-7-8-11-21-19(22)17(18(20(21)23)26-13(2)3)14-9-10-15(24-4)16(12-14)25-5/h9-10,12-13H,6-8,11H2,1-5H3. The van der Waals surface area contributed by atoms with Crippen molar-refractivity contribution in [3.05, 3.63) is 28.7 Å². The van der Waals surface area contributed by atoms with Crippen LogP contribution in [0.3, 0.4) is 0 Å². The molecule has 26 heavy (non-hydrogen) atoms. The highest BCUT2D eigenvalue weighted by molar-refractivity contribution is 8.04. The molecule has 1 heterocycles. The van der Waals surface area contributed by atoms with Crippen LogP contribution in [-0.4, -0.2) is 42.7 Å². The maximum Gasteiger partial charge on any atom is 0.267 e. The molecule has 5 nitrogen and oxygen atoms in total. The second kappa shape index (κ2) is 9.12. The minimum atomic E-state index is -0.221. The van der Waals surface area contributed by atoms with Crippen molar-refractivity contribution >= 4 is 29.1 Å². The number of thioether (sulfide) groups is 1. The third kappa shape index (κ3) is 4.23. The van der Waals surface area contributed by atoms with Crippen LogP contribution in [0.25, 0.3) is 5.57 Å². The van der Waals surface area contributed by atoms with E-state index in [9.17, 15) is 9.59 Å². The summed E-state index contributed by atoms with van der Waals surface area (Å²) in [4.78, 5) is 27.8. The van der Waals surface area contributed by atoms with Crippen LogP contribution in [0.4, 0.5) is 0 Å². The molecular weight excluding hydrogens is 350 g/mol. The van der Waals surface area contributed by atoms with Crippen LogP contribution >= 0.6 is 11.8 Å². The minimum absolute atomic E-state index is 0.186. The zero-order valence-electron chi connectivity index (χ0n) is 16.1. The molecule has 0 bridgehead atoms. The van der Waals surface area contributed by atoms with E-state index < -0.39 is 0 Å². The lowest BCUT2D eigenvalue weighted by molar-refractivity contribution is -0.136. The van der Waals surface area contributed by atoms with Crippen LogP contribution in [0.2, 0.25) is 0 Å². The number of unbranched alkanes of at least 4 members (excludes halogenated alkanes) is 2. The number of methoxy groups -OCH3 is 2. The van der Waals surface area contributed by atoms with Crippen molar-refractivity contribution < 1.29 is 19.1 Å². The summed E-state index contributed by atoms with van der Waals surface area (Å²) < 4.78 is 10.6. The predicted molar refractivity (Wildman–Crippen MR) is 105 cm³/mol. The van der Waals surface area contributed by atoms with Crippen molar-refractivity contribution in [3.8, 4) is 11.5 Å². The number of amides is 2. The average Bonchev–Trinajstić information content (AvgIpc) is 2.85.